The highest BCUT2D eigenvalue weighted by molar-refractivity contribution is 6.03. The number of hydrogen-bond acceptors (Lipinski definition) is 8. The number of carbonyl (C=O) groups excluding carboxylic acids is 2. The predicted molar refractivity (Wildman–Crippen MR) is 134 cm³/mol. The molecule has 8 nitrogen and oxygen atoms in total. The molecule has 202 valence electrons. The van der Waals surface area contributed by atoms with Crippen molar-refractivity contribution < 1.29 is 38.0 Å². The van der Waals surface area contributed by atoms with Crippen LogP contribution in [0.5, 0.6) is 0 Å². The lowest BCUT2D eigenvalue weighted by molar-refractivity contribution is -0.150. The molecule has 2 fully saturated rings. The van der Waals surface area contributed by atoms with E-state index >= 15 is 0 Å². The van der Waals surface area contributed by atoms with Crippen LogP contribution >= 0.6 is 0 Å². The van der Waals surface area contributed by atoms with Gasteiger partial charge in [-0.05, 0) is 50.7 Å². The fraction of sp³-hybridized carbons (Fsp3) is 0.714. The molecule has 0 N–H and O–H groups in total. The van der Waals surface area contributed by atoms with Crippen LogP contribution in [0.2, 0.25) is 0 Å². The lowest BCUT2D eigenvalue weighted by atomic mass is 9.84. The van der Waals surface area contributed by atoms with E-state index in [9.17, 15) is 9.59 Å². The normalized spacial score (nSPS) is 17.6. The van der Waals surface area contributed by atoms with Gasteiger partial charge in [-0.25, -0.2) is 9.59 Å². The number of esters is 2. The van der Waals surface area contributed by atoms with Gasteiger partial charge in [0.1, 0.15) is 0 Å². The Balaban J connectivity index is 1.27. The maximum absolute atomic E-state index is 12.6. The number of carbonyl (C=O) groups is 2. The van der Waals surface area contributed by atoms with Crippen molar-refractivity contribution in [2.24, 2.45) is 10.8 Å². The van der Waals surface area contributed by atoms with E-state index in [-0.39, 0.29) is 35.2 Å². The van der Waals surface area contributed by atoms with Gasteiger partial charge < -0.3 is 28.4 Å². The topological polar surface area (TPSA) is 89.5 Å². The van der Waals surface area contributed by atoms with E-state index in [0.29, 0.717) is 39.3 Å². The zero-order valence-corrected chi connectivity index (χ0v) is 21.9. The SMILES string of the molecule is CCC1(COCCCCOC(=O)c2ccccc2C(=O)OCCCCOCC2(CC)COC2)COC1. The van der Waals surface area contributed by atoms with Crippen molar-refractivity contribution in [2.45, 2.75) is 52.4 Å². The molecule has 2 saturated heterocycles. The van der Waals surface area contributed by atoms with Crippen LogP contribution in [0.1, 0.15) is 73.1 Å². The fourth-order valence-electron chi connectivity index (χ4n) is 4.07. The zero-order chi connectivity index (χ0) is 25.7. The first-order valence-corrected chi connectivity index (χ1v) is 13.3. The summed E-state index contributed by atoms with van der Waals surface area (Å²) in [5, 5.41) is 0. The van der Waals surface area contributed by atoms with Crippen LogP contribution in [-0.2, 0) is 28.4 Å². The van der Waals surface area contributed by atoms with Gasteiger partial charge in [0.25, 0.3) is 0 Å². The van der Waals surface area contributed by atoms with Gasteiger partial charge in [-0.15, -0.1) is 0 Å². The molecule has 8 heteroatoms. The number of hydrogen-bond donors (Lipinski definition) is 0. The molecule has 0 atom stereocenters. The first-order valence-electron chi connectivity index (χ1n) is 13.3. The van der Waals surface area contributed by atoms with Crippen molar-refractivity contribution in [3.05, 3.63) is 35.4 Å². The lowest BCUT2D eigenvalue weighted by Crippen LogP contribution is -2.45. The van der Waals surface area contributed by atoms with Gasteiger partial charge in [0, 0.05) is 24.0 Å². The molecule has 0 unspecified atom stereocenters. The van der Waals surface area contributed by atoms with Crippen molar-refractivity contribution >= 4 is 11.9 Å². The number of rotatable bonds is 18. The molecule has 1 aromatic carbocycles. The van der Waals surface area contributed by atoms with Gasteiger partial charge in [0.2, 0.25) is 0 Å². The second kappa shape index (κ2) is 14.7. The maximum Gasteiger partial charge on any atom is 0.339 e. The Morgan fingerprint density at radius 1 is 0.694 bits per heavy atom. The second-order valence-corrected chi connectivity index (χ2v) is 10.0. The molecule has 0 radical (unpaired) electrons. The van der Waals surface area contributed by atoms with Crippen molar-refractivity contribution in [1.29, 1.82) is 0 Å². The summed E-state index contributed by atoms with van der Waals surface area (Å²) in [4.78, 5) is 25.1. The molecule has 0 aromatic heterocycles. The highest BCUT2D eigenvalue weighted by Crippen LogP contribution is 2.32. The summed E-state index contributed by atoms with van der Waals surface area (Å²) in [7, 11) is 0. The van der Waals surface area contributed by atoms with E-state index < -0.39 is 11.9 Å². The molecule has 36 heavy (non-hydrogen) atoms. The van der Waals surface area contributed by atoms with Crippen molar-refractivity contribution in [2.75, 3.05) is 66.1 Å². The number of benzene rings is 1. The summed E-state index contributed by atoms with van der Waals surface area (Å²) in [5.74, 6) is -1.03. The van der Waals surface area contributed by atoms with Crippen LogP contribution in [0.25, 0.3) is 0 Å². The summed E-state index contributed by atoms with van der Waals surface area (Å²) in [6, 6.07) is 6.61. The van der Waals surface area contributed by atoms with Crippen LogP contribution in [0.4, 0.5) is 0 Å². The van der Waals surface area contributed by atoms with E-state index in [0.717, 1.165) is 52.1 Å². The maximum atomic E-state index is 12.6. The lowest BCUT2D eigenvalue weighted by Gasteiger charge is -2.40. The van der Waals surface area contributed by atoms with Gasteiger partial charge in [0.05, 0.1) is 64.0 Å². The zero-order valence-electron chi connectivity index (χ0n) is 21.9. The van der Waals surface area contributed by atoms with E-state index in [1.54, 1.807) is 24.3 Å². The van der Waals surface area contributed by atoms with Crippen molar-refractivity contribution in [1.82, 2.24) is 0 Å². The molecule has 2 aliphatic rings. The molecule has 0 saturated carbocycles. The minimum Gasteiger partial charge on any atom is -0.462 e. The van der Waals surface area contributed by atoms with E-state index in [1.165, 1.54) is 0 Å². The van der Waals surface area contributed by atoms with Gasteiger partial charge in [0.15, 0.2) is 0 Å². The molecule has 0 spiro atoms. The first kappa shape index (κ1) is 28.6. The highest BCUT2D eigenvalue weighted by Gasteiger charge is 2.37. The Morgan fingerprint density at radius 2 is 1.08 bits per heavy atom. The smallest absolute Gasteiger partial charge is 0.339 e. The Hall–Kier alpha value is -2.00. The van der Waals surface area contributed by atoms with Gasteiger partial charge in [-0.3, -0.25) is 0 Å². The molecular weight excluding hydrogens is 464 g/mol. The second-order valence-electron chi connectivity index (χ2n) is 10.0. The minimum absolute atomic E-state index is 0.183. The summed E-state index contributed by atoms with van der Waals surface area (Å²) in [5.41, 5.74) is 0.818. The third kappa shape index (κ3) is 8.26. The molecular formula is C28H42O8. The van der Waals surface area contributed by atoms with Gasteiger partial charge >= 0.3 is 11.9 Å². The highest BCUT2D eigenvalue weighted by atomic mass is 16.5. The molecule has 2 heterocycles. The van der Waals surface area contributed by atoms with E-state index in [4.69, 9.17) is 28.4 Å². The average Bonchev–Trinajstić information content (AvgIpc) is 2.85. The van der Waals surface area contributed by atoms with Crippen molar-refractivity contribution in [3.63, 3.8) is 0 Å². The molecule has 3 rings (SSSR count). The summed E-state index contributed by atoms with van der Waals surface area (Å²) in [6.07, 6.45) is 5.10. The Labute approximate surface area is 214 Å². The molecule has 0 bridgehead atoms. The van der Waals surface area contributed by atoms with Gasteiger partial charge in [-0.2, -0.15) is 0 Å². The number of unbranched alkanes of at least 4 members (excludes halogenated alkanes) is 2. The largest absolute Gasteiger partial charge is 0.462 e. The van der Waals surface area contributed by atoms with Crippen LogP contribution < -0.4 is 0 Å². The summed E-state index contributed by atoms with van der Waals surface area (Å²) in [6.45, 7) is 10.6. The fourth-order valence-corrected chi connectivity index (χ4v) is 4.07. The van der Waals surface area contributed by atoms with Crippen LogP contribution in [0.15, 0.2) is 24.3 Å². The van der Waals surface area contributed by atoms with Crippen LogP contribution in [0.3, 0.4) is 0 Å². The Kier molecular flexibility index (Phi) is 11.6. The van der Waals surface area contributed by atoms with Gasteiger partial charge in [-0.1, -0.05) is 26.0 Å². The monoisotopic (exact) mass is 506 g/mol. The van der Waals surface area contributed by atoms with Crippen LogP contribution in [-0.4, -0.2) is 78.0 Å². The molecule has 0 aliphatic carbocycles. The van der Waals surface area contributed by atoms with E-state index in [2.05, 4.69) is 13.8 Å². The number of ether oxygens (including phenoxy) is 6. The molecule has 0 amide bonds. The van der Waals surface area contributed by atoms with Crippen LogP contribution in [0, 0.1) is 10.8 Å². The summed E-state index contributed by atoms with van der Waals surface area (Å²) < 4.78 is 32.9. The summed E-state index contributed by atoms with van der Waals surface area (Å²) >= 11 is 0. The Morgan fingerprint density at radius 3 is 1.42 bits per heavy atom. The third-order valence-electron chi connectivity index (χ3n) is 7.15. The minimum atomic E-state index is -0.516. The Bertz CT molecular complexity index is 738. The van der Waals surface area contributed by atoms with Crippen molar-refractivity contribution in [3.8, 4) is 0 Å². The molecule has 2 aliphatic heterocycles. The predicted octanol–water partition coefficient (Wildman–Crippen LogP) is 4.45. The average molecular weight is 507 g/mol. The van der Waals surface area contributed by atoms with E-state index in [1.807, 2.05) is 0 Å². The quantitative estimate of drug-likeness (QED) is 0.213. The molecule has 1 aromatic rings. The third-order valence-corrected chi connectivity index (χ3v) is 7.15. The standard InChI is InChI=1S/C28H42O8/c1-3-27(19-33-20-27)17-31-13-7-9-15-35-25(29)23-11-5-6-12-24(23)26(30)36-16-10-8-14-32-18-28(4-2)21-34-22-28/h5-6,11-12H,3-4,7-10,13-22H2,1-2H3. The first-order chi connectivity index (χ1) is 17.5.